The summed E-state index contributed by atoms with van der Waals surface area (Å²) < 4.78 is 0. The largest absolute Gasteiger partial charge is 0.393 e. The van der Waals surface area contributed by atoms with Crippen molar-refractivity contribution >= 4 is 0 Å². The lowest BCUT2D eigenvalue weighted by Gasteiger charge is -2.18. The zero-order chi connectivity index (χ0) is 8.93. The van der Waals surface area contributed by atoms with Crippen molar-refractivity contribution in [1.29, 1.82) is 0 Å². The van der Waals surface area contributed by atoms with Crippen LogP contribution in [0.3, 0.4) is 0 Å². The summed E-state index contributed by atoms with van der Waals surface area (Å²) in [4.78, 5) is 0. The van der Waals surface area contributed by atoms with E-state index in [1.807, 2.05) is 0 Å². The highest BCUT2D eigenvalue weighted by molar-refractivity contribution is 5.07. The van der Waals surface area contributed by atoms with E-state index in [4.69, 9.17) is 0 Å². The SMILES string of the molecule is C[C@H]1CC[C@@H]2[C@H](CC1O)C2(C)C. The van der Waals surface area contributed by atoms with Gasteiger partial charge >= 0.3 is 0 Å². The van der Waals surface area contributed by atoms with Crippen LogP contribution in [-0.2, 0) is 0 Å². The maximum absolute atomic E-state index is 9.79. The van der Waals surface area contributed by atoms with Gasteiger partial charge in [-0.2, -0.15) is 0 Å². The molecule has 0 heterocycles. The Kier molecular flexibility index (Phi) is 1.76. The number of fused-ring (bicyclic) bond motifs is 1. The van der Waals surface area contributed by atoms with Crippen LogP contribution < -0.4 is 0 Å². The third-order valence-electron chi connectivity index (χ3n) is 4.37. The molecule has 1 N–H and O–H groups in total. The van der Waals surface area contributed by atoms with Gasteiger partial charge in [-0.3, -0.25) is 0 Å². The second kappa shape index (κ2) is 2.47. The van der Waals surface area contributed by atoms with Crippen LogP contribution in [0.25, 0.3) is 0 Å². The number of hydrogen-bond donors (Lipinski definition) is 1. The van der Waals surface area contributed by atoms with E-state index in [0.717, 1.165) is 18.3 Å². The van der Waals surface area contributed by atoms with Crippen molar-refractivity contribution < 1.29 is 5.11 Å². The summed E-state index contributed by atoms with van der Waals surface area (Å²) in [6.45, 7) is 6.89. The van der Waals surface area contributed by atoms with E-state index in [0.29, 0.717) is 11.3 Å². The van der Waals surface area contributed by atoms with Crippen LogP contribution >= 0.6 is 0 Å². The smallest absolute Gasteiger partial charge is 0.0568 e. The molecule has 12 heavy (non-hydrogen) atoms. The van der Waals surface area contributed by atoms with E-state index >= 15 is 0 Å². The molecule has 0 aromatic carbocycles. The molecule has 2 rings (SSSR count). The molecule has 1 nitrogen and oxygen atoms in total. The lowest BCUT2D eigenvalue weighted by molar-refractivity contribution is 0.0975. The van der Waals surface area contributed by atoms with Gasteiger partial charge < -0.3 is 5.11 Å². The van der Waals surface area contributed by atoms with Crippen LogP contribution in [0.5, 0.6) is 0 Å². The van der Waals surface area contributed by atoms with Crippen molar-refractivity contribution in [2.75, 3.05) is 0 Å². The molecular formula is C11H20O. The second-order valence-corrected chi connectivity index (χ2v) is 5.39. The minimum absolute atomic E-state index is 0.0261. The monoisotopic (exact) mass is 168 g/mol. The summed E-state index contributed by atoms with van der Waals surface area (Å²) in [6.07, 6.45) is 3.60. The Hall–Kier alpha value is -0.0400. The van der Waals surface area contributed by atoms with Crippen molar-refractivity contribution in [3.8, 4) is 0 Å². The van der Waals surface area contributed by atoms with Crippen LogP contribution in [0.1, 0.15) is 40.0 Å². The maximum atomic E-state index is 9.79. The molecule has 0 aromatic heterocycles. The van der Waals surface area contributed by atoms with Crippen molar-refractivity contribution in [2.24, 2.45) is 23.2 Å². The topological polar surface area (TPSA) is 20.2 Å². The van der Waals surface area contributed by atoms with Crippen molar-refractivity contribution in [1.82, 2.24) is 0 Å². The molecule has 2 fully saturated rings. The van der Waals surface area contributed by atoms with Gasteiger partial charge in [0.2, 0.25) is 0 Å². The number of hydrogen-bond acceptors (Lipinski definition) is 1. The standard InChI is InChI=1S/C11H20O/c1-7-4-5-8-9(6-10(7)12)11(8,2)3/h7-10,12H,4-6H2,1-3H3/t7-,8+,9-,10?/m0/s1. The fourth-order valence-corrected chi connectivity index (χ4v) is 3.03. The van der Waals surface area contributed by atoms with E-state index in [1.165, 1.54) is 12.8 Å². The summed E-state index contributed by atoms with van der Waals surface area (Å²) in [5.41, 5.74) is 0.543. The summed E-state index contributed by atoms with van der Waals surface area (Å²) in [7, 11) is 0. The van der Waals surface area contributed by atoms with E-state index in [2.05, 4.69) is 20.8 Å². The van der Waals surface area contributed by atoms with E-state index in [1.54, 1.807) is 0 Å². The Morgan fingerprint density at radius 1 is 1.17 bits per heavy atom. The van der Waals surface area contributed by atoms with Gasteiger partial charge in [-0.05, 0) is 42.4 Å². The minimum atomic E-state index is -0.0261. The molecule has 1 heteroatoms. The predicted molar refractivity (Wildman–Crippen MR) is 49.8 cm³/mol. The fraction of sp³-hybridized carbons (Fsp3) is 1.00. The lowest BCUT2D eigenvalue weighted by Crippen LogP contribution is -2.18. The molecule has 0 amide bonds. The number of rotatable bonds is 0. The van der Waals surface area contributed by atoms with Gasteiger partial charge in [0, 0.05) is 0 Å². The van der Waals surface area contributed by atoms with Crippen molar-refractivity contribution in [2.45, 2.75) is 46.1 Å². The summed E-state index contributed by atoms with van der Waals surface area (Å²) >= 11 is 0. The first-order valence-corrected chi connectivity index (χ1v) is 5.21. The van der Waals surface area contributed by atoms with E-state index in [9.17, 15) is 5.11 Å². The second-order valence-electron chi connectivity index (χ2n) is 5.39. The Balaban J connectivity index is 2.04. The highest BCUT2D eigenvalue weighted by Gasteiger charge is 2.58. The molecule has 0 aromatic rings. The van der Waals surface area contributed by atoms with Gasteiger partial charge in [-0.15, -0.1) is 0 Å². The molecule has 0 bridgehead atoms. The van der Waals surface area contributed by atoms with Gasteiger partial charge in [0.1, 0.15) is 0 Å². The normalized spacial score (nSPS) is 51.0. The molecule has 2 saturated carbocycles. The maximum Gasteiger partial charge on any atom is 0.0568 e. The third kappa shape index (κ3) is 1.10. The zero-order valence-corrected chi connectivity index (χ0v) is 8.38. The van der Waals surface area contributed by atoms with E-state index < -0.39 is 0 Å². The highest BCUT2D eigenvalue weighted by atomic mass is 16.3. The predicted octanol–water partition coefficient (Wildman–Crippen LogP) is 2.44. The molecule has 0 saturated heterocycles. The molecule has 1 unspecified atom stereocenters. The first kappa shape index (κ1) is 8.55. The average molecular weight is 168 g/mol. The first-order valence-electron chi connectivity index (χ1n) is 5.21. The summed E-state index contributed by atoms with van der Waals surface area (Å²) in [5, 5.41) is 9.79. The van der Waals surface area contributed by atoms with Crippen LogP contribution in [0.15, 0.2) is 0 Å². The first-order chi connectivity index (χ1) is 5.53. The van der Waals surface area contributed by atoms with Crippen molar-refractivity contribution in [3.63, 3.8) is 0 Å². The molecule has 4 atom stereocenters. The molecular weight excluding hydrogens is 148 g/mol. The molecule has 70 valence electrons. The third-order valence-corrected chi connectivity index (χ3v) is 4.37. The molecule has 2 aliphatic carbocycles. The van der Waals surface area contributed by atoms with Gasteiger partial charge in [0.15, 0.2) is 0 Å². The van der Waals surface area contributed by atoms with Crippen LogP contribution in [0.2, 0.25) is 0 Å². The number of aliphatic hydroxyl groups is 1. The summed E-state index contributed by atoms with van der Waals surface area (Å²) in [5.74, 6) is 2.27. The Morgan fingerprint density at radius 3 is 2.50 bits per heavy atom. The van der Waals surface area contributed by atoms with Crippen LogP contribution in [-0.4, -0.2) is 11.2 Å². The van der Waals surface area contributed by atoms with E-state index in [-0.39, 0.29) is 6.10 Å². The Labute approximate surface area is 75.2 Å². The Morgan fingerprint density at radius 2 is 1.83 bits per heavy atom. The highest BCUT2D eigenvalue weighted by Crippen LogP contribution is 2.64. The molecule has 0 spiro atoms. The van der Waals surface area contributed by atoms with Crippen molar-refractivity contribution in [3.05, 3.63) is 0 Å². The molecule has 0 aliphatic heterocycles. The molecule has 2 aliphatic rings. The summed E-state index contributed by atoms with van der Waals surface area (Å²) in [6, 6.07) is 0. The minimum Gasteiger partial charge on any atom is -0.393 e. The van der Waals surface area contributed by atoms with Gasteiger partial charge in [0.05, 0.1) is 6.10 Å². The van der Waals surface area contributed by atoms with Crippen LogP contribution in [0.4, 0.5) is 0 Å². The fourth-order valence-electron chi connectivity index (χ4n) is 3.03. The zero-order valence-electron chi connectivity index (χ0n) is 8.38. The quantitative estimate of drug-likeness (QED) is 0.589. The Bertz CT molecular complexity index is 185. The van der Waals surface area contributed by atoms with Crippen LogP contribution in [0, 0.1) is 23.2 Å². The lowest BCUT2D eigenvalue weighted by atomic mass is 9.93. The number of aliphatic hydroxyl groups excluding tert-OH is 1. The average Bonchev–Trinajstić information content (AvgIpc) is 2.53. The van der Waals surface area contributed by atoms with Gasteiger partial charge in [0.25, 0.3) is 0 Å². The van der Waals surface area contributed by atoms with Gasteiger partial charge in [-0.1, -0.05) is 20.8 Å². The molecule has 0 radical (unpaired) electrons. The van der Waals surface area contributed by atoms with Gasteiger partial charge in [-0.25, -0.2) is 0 Å².